The van der Waals surface area contributed by atoms with Crippen LogP contribution in [-0.4, -0.2) is 26.8 Å². The van der Waals surface area contributed by atoms with Gasteiger partial charge in [-0.15, -0.1) is 0 Å². The van der Waals surface area contributed by atoms with Crippen molar-refractivity contribution in [1.29, 1.82) is 5.26 Å². The van der Waals surface area contributed by atoms with Crippen molar-refractivity contribution < 1.29 is 28.5 Å². The number of nitrogens with two attached hydrogens (primary N) is 1. The normalized spacial score (nSPS) is 14.0. The van der Waals surface area contributed by atoms with Gasteiger partial charge in [0, 0.05) is 11.6 Å². The lowest BCUT2D eigenvalue weighted by molar-refractivity contribution is 0.0731. The first-order valence-electron chi connectivity index (χ1n) is 13.4. The number of carbonyl (C=O) groups is 1. The summed E-state index contributed by atoms with van der Waals surface area (Å²) in [5, 5.41) is 9.95. The summed E-state index contributed by atoms with van der Waals surface area (Å²) in [6.07, 6.45) is 5.72. The van der Waals surface area contributed by atoms with Gasteiger partial charge in [-0.1, -0.05) is 56.9 Å². The van der Waals surface area contributed by atoms with Crippen LogP contribution in [0.2, 0.25) is 0 Å². The van der Waals surface area contributed by atoms with Gasteiger partial charge in [0.25, 0.3) is 0 Å². The SMILES string of the molecule is CCCCCCCOc1ccc(C2C(C#N)=C(N)Oc3cc(OC(=O)c4ccccc4OC)ccc32)cc1OC. The zero-order valence-corrected chi connectivity index (χ0v) is 23.1. The van der Waals surface area contributed by atoms with E-state index in [1.165, 1.54) is 26.4 Å². The van der Waals surface area contributed by atoms with Crippen LogP contribution in [0.3, 0.4) is 0 Å². The molecule has 1 atom stereocenters. The second kappa shape index (κ2) is 13.4. The molecule has 8 heteroatoms. The molecule has 3 aromatic rings. The maximum Gasteiger partial charge on any atom is 0.347 e. The molecule has 0 aromatic heterocycles. The van der Waals surface area contributed by atoms with Crippen LogP contribution < -0.4 is 29.4 Å². The van der Waals surface area contributed by atoms with Crippen molar-refractivity contribution in [2.24, 2.45) is 5.73 Å². The Morgan fingerprint density at radius 3 is 2.48 bits per heavy atom. The predicted molar refractivity (Wildman–Crippen MR) is 151 cm³/mol. The molecule has 0 saturated heterocycles. The van der Waals surface area contributed by atoms with Gasteiger partial charge in [0.05, 0.1) is 26.7 Å². The summed E-state index contributed by atoms with van der Waals surface area (Å²) in [6, 6.07) is 19.6. The minimum absolute atomic E-state index is 0.0143. The van der Waals surface area contributed by atoms with Gasteiger partial charge in [-0.25, -0.2) is 4.79 Å². The lowest BCUT2D eigenvalue weighted by atomic mass is 9.83. The molecule has 4 rings (SSSR count). The summed E-state index contributed by atoms with van der Waals surface area (Å²) in [5.74, 6) is 1.17. The number of carbonyl (C=O) groups excluding carboxylic acids is 1. The number of benzene rings is 3. The molecule has 0 saturated carbocycles. The largest absolute Gasteiger partial charge is 0.496 e. The lowest BCUT2D eigenvalue weighted by Gasteiger charge is -2.27. The van der Waals surface area contributed by atoms with E-state index >= 15 is 0 Å². The van der Waals surface area contributed by atoms with E-state index in [-0.39, 0.29) is 17.2 Å². The van der Waals surface area contributed by atoms with Crippen molar-refractivity contribution in [3.63, 3.8) is 0 Å². The molecule has 1 heterocycles. The number of rotatable bonds is 12. The van der Waals surface area contributed by atoms with Crippen molar-refractivity contribution in [1.82, 2.24) is 0 Å². The number of para-hydroxylation sites is 1. The second-order valence-corrected chi connectivity index (χ2v) is 9.39. The third kappa shape index (κ3) is 6.32. The highest BCUT2D eigenvalue weighted by molar-refractivity contribution is 5.94. The number of methoxy groups -OCH3 is 2. The first-order chi connectivity index (χ1) is 19.5. The fraction of sp³-hybridized carbons (Fsp3) is 0.312. The van der Waals surface area contributed by atoms with Crippen molar-refractivity contribution >= 4 is 5.97 Å². The maximum atomic E-state index is 12.8. The standard InChI is InChI=1S/C32H34N2O6/c1-4-5-6-7-10-17-38-27-16-13-21(18-29(27)37-3)30-23-15-14-22(19-28(23)40-31(34)25(30)20-33)39-32(35)24-11-8-9-12-26(24)36-2/h8-9,11-16,18-19,30H,4-7,10,17,34H2,1-3H3. The van der Waals surface area contributed by atoms with E-state index in [1.807, 2.05) is 18.2 Å². The second-order valence-electron chi connectivity index (χ2n) is 9.39. The summed E-state index contributed by atoms with van der Waals surface area (Å²) in [7, 11) is 3.08. The first-order valence-corrected chi connectivity index (χ1v) is 13.4. The van der Waals surface area contributed by atoms with Gasteiger partial charge in [-0.2, -0.15) is 5.26 Å². The van der Waals surface area contributed by atoms with Crippen LogP contribution in [0.5, 0.6) is 28.7 Å². The predicted octanol–water partition coefficient (Wildman–Crippen LogP) is 6.49. The summed E-state index contributed by atoms with van der Waals surface area (Å²) in [5.41, 5.74) is 8.24. The van der Waals surface area contributed by atoms with Crippen LogP contribution in [0, 0.1) is 11.3 Å². The fourth-order valence-corrected chi connectivity index (χ4v) is 4.69. The van der Waals surface area contributed by atoms with Gasteiger partial charge in [0.1, 0.15) is 34.5 Å². The summed E-state index contributed by atoms with van der Waals surface area (Å²) >= 11 is 0. The Bertz CT molecular complexity index is 1430. The van der Waals surface area contributed by atoms with E-state index in [4.69, 9.17) is 29.4 Å². The maximum absolute atomic E-state index is 12.8. The van der Waals surface area contributed by atoms with Gasteiger partial charge in [0.15, 0.2) is 11.5 Å². The van der Waals surface area contributed by atoms with Crippen molar-refractivity contribution in [2.75, 3.05) is 20.8 Å². The van der Waals surface area contributed by atoms with Crippen LogP contribution in [0.15, 0.2) is 72.1 Å². The molecule has 0 bridgehead atoms. The van der Waals surface area contributed by atoms with Gasteiger partial charge in [-0.05, 0) is 42.3 Å². The van der Waals surface area contributed by atoms with Crippen molar-refractivity contribution in [3.05, 3.63) is 88.8 Å². The zero-order valence-electron chi connectivity index (χ0n) is 23.1. The van der Waals surface area contributed by atoms with Gasteiger partial charge in [-0.3, -0.25) is 0 Å². The molecule has 208 valence electrons. The minimum atomic E-state index is -0.573. The topological polar surface area (TPSA) is 113 Å². The number of esters is 1. The molecule has 1 aliphatic rings. The van der Waals surface area contributed by atoms with Crippen LogP contribution in [0.4, 0.5) is 0 Å². The molecule has 1 aliphatic heterocycles. The Kier molecular flexibility index (Phi) is 9.53. The Hall–Kier alpha value is -4.64. The summed E-state index contributed by atoms with van der Waals surface area (Å²) in [6.45, 7) is 2.80. The van der Waals surface area contributed by atoms with Crippen LogP contribution in [0.1, 0.15) is 66.4 Å². The van der Waals surface area contributed by atoms with E-state index in [2.05, 4.69) is 13.0 Å². The molecule has 0 fully saturated rings. The Morgan fingerprint density at radius 2 is 1.73 bits per heavy atom. The zero-order chi connectivity index (χ0) is 28.5. The Morgan fingerprint density at radius 1 is 0.950 bits per heavy atom. The van der Waals surface area contributed by atoms with Crippen LogP contribution in [-0.2, 0) is 0 Å². The number of unbranched alkanes of at least 4 members (excludes halogenated alkanes) is 4. The molecule has 2 N–H and O–H groups in total. The van der Waals surface area contributed by atoms with Crippen molar-refractivity contribution in [2.45, 2.75) is 44.9 Å². The molecule has 0 aliphatic carbocycles. The third-order valence-corrected chi connectivity index (χ3v) is 6.75. The number of nitrogens with zero attached hydrogens (tertiary/aromatic N) is 1. The van der Waals surface area contributed by atoms with Crippen LogP contribution >= 0.6 is 0 Å². The Balaban J connectivity index is 1.58. The van der Waals surface area contributed by atoms with E-state index in [1.54, 1.807) is 49.6 Å². The summed E-state index contributed by atoms with van der Waals surface area (Å²) in [4.78, 5) is 12.8. The fourth-order valence-electron chi connectivity index (χ4n) is 4.69. The monoisotopic (exact) mass is 542 g/mol. The Labute approximate surface area is 234 Å². The summed E-state index contributed by atoms with van der Waals surface area (Å²) < 4.78 is 28.3. The average Bonchev–Trinajstić information content (AvgIpc) is 2.98. The molecule has 8 nitrogen and oxygen atoms in total. The van der Waals surface area contributed by atoms with E-state index in [0.29, 0.717) is 40.7 Å². The van der Waals surface area contributed by atoms with E-state index in [9.17, 15) is 10.1 Å². The van der Waals surface area contributed by atoms with E-state index < -0.39 is 11.9 Å². The van der Waals surface area contributed by atoms with Gasteiger partial charge in [0.2, 0.25) is 5.88 Å². The molecule has 3 aromatic carbocycles. The number of hydrogen-bond acceptors (Lipinski definition) is 8. The third-order valence-electron chi connectivity index (χ3n) is 6.75. The average molecular weight is 543 g/mol. The smallest absolute Gasteiger partial charge is 0.347 e. The lowest BCUT2D eigenvalue weighted by Crippen LogP contribution is -2.21. The highest BCUT2D eigenvalue weighted by atomic mass is 16.5. The van der Waals surface area contributed by atoms with Crippen LogP contribution in [0.25, 0.3) is 0 Å². The molecule has 0 spiro atoms. The van der Waals surface area contributed by atoms with E-state index in [0.717, 1.165) is 18.4 Å². The number of allylic oxidation sites excluding steroid dienone is 1. The molecule has 40 heavy (non-hydrogen) atoms. The minimum Gasteiger partial charge on any atom is -0.496 e. The number of hydrogen-bond donors (Lipinski definition) is 1. The van der Waals surface area contributed by atoms with Crippen molar-refractivity contribution in [3.8, 4) is 34.8 Å². The number of fused-ring (bicyclic) bond motifs is 1. The van der Waals surface area contributed by atoms with Gasteiger partial charge >= 0.3 is 5.97 Å². The highest BCUT2D eigenvalue weighted by Gasteiger charge is 2.32. The molecule has 0 amide bonds. The molecular formula is C32H34N2O6. The first kappa shape index (κ1) is 28.4. The quantitative estimate of drug-likeness (QED) is 0.157. The molecule has 1 unspecified atom stereocenters. The molecular weight excluding hydrogens is 508 g/mol. The van der Waals surface area contributed by atoms with Gasteiger partial charge < -0.3 is 29.4 Å². The molecule has 0 radical (unpaired) electrons. The highest BCUT2D eigenvalue weighted by Crippen LogP contribution is 2.45. The number of ether oxygens (including phenoxy) is 5. The number of nitriles is 1.